The summed E-state index contributed by atoms with van der Waals surface area (Å²) < 4.78 is 0. The summed E-state index contributed by atoms with van der Waals surface area (Å²) in [6, 6.07) is 3.78. The molecule has 0 spiro atoms. The number of aryl methyl sites for hydroxylation is 1. The molecule has 1 aliphatic heterocycles. The summed E-state index contributed by atoms with van der Waals surface area (Å²) in [7, 11) is 1.80. The van der Waals surface area contributed by atoms with Crippen LogP contribution in [0.2, 0.25) is 0 Å². The monoisotopic (exact) mass is 277 g/mol. The third kappa shape index (κ3) is 3.28. The van der Waals surface area contributed by atoms with Crippen LogP contribution in [-0.2, 0) is 0 Å². The number of carbonyl (C=O) groups is 1. The van der Waals surface area contributed by atoms with Gasteiger partial charge in [0.05, 0.1) is 0 Å². The van der Waals surface area contributed by atoms with Gasteiger partial charge in [-0.05, 0) is 44.7 Å². The number of rotatable bonds is 4. The Bertz CT molecular complexity index is 474. The van der Waals surface area contributed by atoms with Crippen LogP contribution in [0, 0.1) is 6.92 Å². The van der Waals surface area contributed by atoms with Crippen molar-refractivity contribution in [3.8, 4) is 0 Å². The van der Waals surface area contributed by atoms with Crippen LogP contribution in [0.5, 0.6) is 0 Å². The van der Waals surface area contributed by atoms with Crippen molar-refractivity contribution in [2.24, 2.45) is 0 Å². The highest BCUT2D eigenvalue weighted by Crippen LogP contribution is 2.22. The van der Waals surface area contributed by atoms with Crippen LogP contribution in [0.1, 0.15) is 41.7 Å². The molecule has 0 saturated carbocycles. The summed E-state index contributed by atoms with van der Waals surface area (Å²) >= 11 is 0. The lowest BCUT2D eigenvalue weighted by molar-refractivity contribution is 0.0574. The predicted molar refractivity (Wildman–Crippen MR) is 78.9 cm³/mol. The number of pyridine rings is 1. The van der Waals surface area contributed by atoms with Crippen molar-refractivity contribution >= 4 is 11.7 Å². The van der Waals surface area contributed by atoms with E-state index in [9.17, 15) is 4.79 Å². The molecule has 110 valence electrons. The number of nitrogens with zero attached hydrogens (tertiary/aromatic N) is 2. The van der Waals surface area contributed by atoms with Gasteiger partial charge in [-0.1, -0.05) is 0 Å². The number of piperidine rings is 1. The van der Waals surface area contributed by atoms with Gasteiger partial charge in [-0.15, -0.1) is 0 Å². The van der Waals surface area contributed by atoms with Crippen LogP contribution in [0.4, 0.5) is 5.82 Å². The molecule has 1 fully saturated rings. The number of hydrogen-bond acceptors (Lipinski definition) is 4. The minimum Gasteiger partial charge on any atom is -0.396 e. The molecule has 5 nitrogen and oxygen atoms in total. The molecule has 2 rings (SSSR count). The summed E-state index contributed by atoms with van der Waals surface area (Å²) in [5, 5.41) is 12.1. The third-order valence-electron chi connectivity index (χ3n) is 3.81. The van der Waals surface area contributed by atoms with E-state index in [0.717, 1.165) is 31.5 Å². The number of aliphatic hydroxyl groups is 1. The number of amides is 1. The van der Waals surface area contributed by atoms with Gasteiger partial charge in [-0.25, -0.2) is 4.98 Å². The Balaban J connectivity index is 2.22. The number of anilines is 1. The first kappa shape index (κ1) is 14.8. The quantitative estimate of drug-likeness (QED) is 0.881. The van der Waals surface area contributed by atoms with Crippen molar-refractivity contribution < 1.29 is 9.90 Å². The SMILES string of the molecule is CNc1cc(C(=O)N2CCCCC2CCO)cc(C)n1. The van der Waals surface area contributed by atoms with E-state index in [1.807, 2.05) is 17.9 Å². The molecule has 2 heterocycles. The van der Waals surface area contributed by atoms with E-state index < -0.39 is 0 Å². The van der Waals surface area contributed by atoms with Crippen molar-refractivity contribution in [1.82, 2.24) is 9.88 Å². The maximum Gasteiger partial charge on any atom is 0.254 e. The fraction of sp³-hybridized carbons (Fsp3) is 0.600. The topological polar surface area (TPSA) is 65.5 Å². The maximum absolute atomic E-state index is 12.7. The Hall–Kier alpha value is -1.62. The fourth-order valence-corrected chi connectivity index (χ4v) is 2.80. The van der Waals surface area contributed by atoms with E-state index >= 15 is 0 Å². The summed E-state index contributed by atoms with van der Waals surface area (Å²) in [6.45, 7) is 2.80. The zero-order valence-corrected chi connectivity index (χ0v) is 12.2. The maximum atomic E-state index is 12.7. The van der Waals surface area contributed by atoms with Crippen LogP contribution in [-0.4, -0.2) is 47.1 Å². The summed E-state index contributed by atoms with van der Waals surface area (Å²) in [5.41, 5.74) is 1.50. The van der Waals surface area contributed by atoms with E-state index in [2.05, 4.69) is 10.3 Å². The third-order valence-corrected chi connectivity index (χ3v) is 3.81. The lowest BCUT2D eigenvalue weighted by Gasteiger charge is -2.35. The van der Waals surface area contributed by atoms with Crippen molar-refractivity contribution in [3.05, 3.63) is 23.4 Å². The molecule has 20 heavy (non-hydrogen) atoms. The van der Waals surface area contributed by atoms with Crippen LogP contribution < -0.4 is 5.32 Å². The number of nitrogens with one attached hydrogen (secondary N) is 1. The van der Waals surface area contributed by atoms with Gasteiger partial charge in [-0.3, -0.25) is 4.79 Å². The summed E-state index contributed by atoms with van der Waals surface area (Å²) in [4.78, 5) is 18.9. The number of carbonyl (C=O) groups excluding carboxylic acids is 1. The van der Waals surface area contributed by atoms with Crippen molar-refractivity contribution in [2.45, 2.75) is 38.6 Å². The number of aliphatic hydroxyl groups excluding tert-OH is 1. The smallest absolute Gasteiger partial charge is 0.254 e. The van der Waals surface area contributed by atoms with Crippen molar-refractivity contribution in [3.63, 3.8) is 0 Å². The van der Waals surface area contributed by atoms with Gasteiger partial charge < -0.3 is 15.3 Å². The molecule has 1 aliphatic rings. The van der Waals surface area contributed by atoms with Gasteiger partial charge in [0.15, 0.2) is 0 Å². The standard InChI is InChI=1S/C15H23N3O2/c1-11-9-12(10-14(16-2)17-11)15(20)18-7-4-3-5-13(18)6-8-19/h9-10,13,19H,3-8H2,1-2H3,(H,16,17). The van der Waals surface area contributed by atoms with Gasteiger partial charge in [0, 0.05) is 37.5 Å². The number of hydrogen-bond donors (Lipinski definition) is 2. The Labute approximate surface area is 120 Å². The van der Waals surface area contributed by atoms with E-state index in [0.29, 0.717) is 17.8 Å². The Morgan fingerprint density at radius 2 is 2.30 bits per heavy atom. The predicted octanol–water partition coefficient (Wildman–Crippen LogP) is 1.81. The zero-order chi connectivity index (χ0) is 14.5. The van der Waals surface area contributed by atoms with Crippen molar-refractivity contribution in [1.29, 1.82) is 0 Å². The average Bonchev–Trinajstić information content (AvgIpc) is 2.46. The van der Waals surface area contributed by atoms with E-state index in [-0.39, 0.29) is 18.6 Å². The van der Waals surface area contributed by atoms with Crippen LogP contribution in [0.15, 0.2) is 12.1 Å². The second-order valence-electron chi connectivity index (χ2n) is 5.29. The van der Waals surface area contributed by atoms with Gasteiger partial charge in [0.1, 0.15) is 5.82 Å². The van der Waals surface area contributed by atoms with Gasteiger partial charge in [-0.2, -0.15) is 0 Å². The first-order valence-corrected chi connectivity index (χ1v) is 7.24. The molecule has 5 heteroatoms. The molecule has 0 aliphatic carbocycles. The molecule has 1 saturated heterocycles. The highest BCUT2D eigenvalue weighted by atomic mass is 16.3. The van der Waals surface area contributed by atoms with Crippen LogP contribution in [0.3, 0.4) is 0 Å². The normalized spacial score (nSPS) is 18.9. The molecular formula is C15H23N3O2. The summed E-state index contributed by atoms with van der Waals surface area (Å²) in [6.07, 6.45) is 3.81. The zero-order valence-electron chi connectivity index (χ0n) is 12.2. The highest BCUT2D eigenvalue weighted by molar-refractivity contribution is 5.95. The fourth-order valence-electron chi connectivity index (χ4n) is 2.80. The molecule has 1 atom stereocenters. The molecule has 0 bridgehead atoms. The van der Waals surface area contributed by atoms with E-state index in [1.54, 1.807) is 13.1 Å². The number of aromatic nitrogens is 1. The second-order valence-corrected chi connectivity index (χ2v) is 5.29. The molecule has 1 aromatic heterocycles. The molecule has 1 amide bonds. The molecular weight excluding hydrogens is 254 g/mol. The van der Waals surface area contributed by atoms with Crippen LogP contribution >= 0.6 is 0 Å². The second kappa shape index (κ2) is 6.70. The van der Waals surface area contributed by atoms with Gasteiger partial charge in [0.2, 0.25) is 0 Å². The van der Waals surface area contributed by atoms with Gasteiger partial charge in [0.25, 0.3) is 5.91 Å². The minimum atomic E-state index is 0.0464. The van der Waals surface area contributed by atoms with Crippen molar-refractivity contribution in [2.75, 3.05) is 25.5 Å². The van der Waals surface area contributed by atoms with Crippen LogP contribution in [0.25, 0.3) is 0 Å². The minimum absolute atomic E-state index is 0.0464. The molecule has 1 unspecified atom stereocenters. The lowest BCUT2D eigenvalue weighted by Crippen LogP contribution is -2.44. The van der Waals surface area contributed by atoms with Gasteiger partial charge >= 0.3 is 0 Å². The lowest BCUT2D eigenvalue weighted by atomic mass is 9.98. The molecule has 1 aromatic rings. The highest BCUT2D eigenvalue weighted by Gasteiger charge is 2.27. The first-order chi connectivity index (χ1) is 9.65. The first-order valence-electron chi connectivity index (χ1n) is 7.24. The summed E-state index contributed by atoms with van der Waals surface area (Å²) in [5.74, 6) is 0.759. The Kier molecular flexibility index (Phi) is 4.95. The largest absolute Gasteiger partial charge is 0.396 e. The Morgan fingerprint density at radius 3 is 3.00 bits per heavy atom. The Morgan fingerprint density at radius 1 is 1.50 bits per heavy atom. The molecule has 2 N–H and O–H groups in total. The molecule has 0 radical (unpaired) electrons. The van der Waals surface area contributed by atoms with E-state index in [4.69, 9.17) is 5.11 Å². The van der Waals surface area contributed by atoms with E-state index in [1.165, 1.54) is 0 Å². The average molecular weight is 277 g/mol. The molecule has 0 aromatic carbocycles. The number of likely N-dealkylation sites (tertiary alicyclic amines) is 1.